The lowest BCUT2D eigenvalue weighted by Crippen LogP contribution is -2.49. The summed E-state index contributed by atoms with van der Waals surface area (Å²) in [6.45, 7) is 3.42. The van der Waals surface area contributed by atoms with E-state index in [4.69, 9.17) is 27.5 Å². The van der Waals surface area contributed by atoms with Crippen molar-refractivity contribution in [3.8, 4) is 18.1 Å². The number of thioether (sulfide) groups is 1. The van der Waals surface area contributed by atoms with E-state index in [2.05, 4.69) is 16.2 Å². The molecule has 1 N–H and O–H groups in total. The summed E-state index contributed by atoms with van der Waals surface area (Å²) in [4.78, 5) is 17.6. The van der Waals surface area contributed by atoms with Gasteiger partial charge in [0.25, 0.3) is 12.2 Å². The number of amides is 1. The summed E-state index contributed by atoms with van der Waals surface area (Å²) in [6, 6.07) is 5.32. The molecule has 2 aromatic rings. The van der Waals surface area contributed by atoms with Crippen LogP contribution in [-0.2, 0) is 9.53 Å². The number of pyridine rings is 1. The number of fused-ring (bicyclic) bond motifs is 1. The number of nitrogens with one attached hydrogen (secondary N) is 1. The Morgan fingerprint density at radius 3 is 2.76 bits per heavy atom. The van der Waals surface area contributed by atoms with Crippen molar-refractivity contribution in [3.63, 3.8) is 0 Å². The molecular weight excluding hydrogens is 360 g/mol. The molecule has 1 amide bonds. The predicted molar refractivity (Wildman–Crippen MR) is 101 cm³/mol. The largest absolute Gasteiger partial charge is 0.455 e. The van der Waals surface area contributed by atoms with E-state index in [9.17, 15) is 4.79 Å². The Kier molecular flexibility index (Phi) is 6.17. The van der Waals surface area contributed by atoms with Crippen LogP contribution in [0.1, 0.15) is 13.8 Å². The highest BCUT2D eigenvalue weighted by Gasteiger charge is 2.26. The molecule has 0 spiro atoms. The molecule has 0 saturated heterocycles. The highest BCUT2D eigenvalue weighted by molar-refractivity contribution is 7.98. The molecule has 7 heteroatoms. The summed E-state index contributed by atoms with van der Waals surface area (Å²) >= 11 is 7.85. The number of hydrogen-bond acceptors (Lipinski definition) is 5. The van der Waals surface area contributed by atoms with Crippen molar-refractivity contribution < 1.29 is 14.3 Å². The summed E-state index contributed by atoms with van der Waals surface area (Å²) in [7, 11) is 1.38. The first-order chi connectivity index (χ1) is 11.8. The molecule has 0 radical (unpaired) electrons. The number of methoxy groups -OCH3 is 1. The zero-order chi connectivity index (χ0) is 18.6. The molecule has 1 atom stereocenters. The number of nitrogens with zero attached hydrogens (tertiary/aromatic N) is 1. The number of carbonyl (C=O) groups excluding carboxylic acids is 1. The van der Waals surface area contributed by atoms with Crippen LogP contribution < -0.4 is 10.1 Å². The fourth-order valence-electron chi connectivity index (χ4n) is 2.07. The van der Waals surface area contributed by atoms with Crippen LogP contribution in [-0.4, -0.2) is 36.1 Å². The van der Waals surface area contributed by atoms with Gasteiger partial charge in [0.2, 0.25) is 0 Å². The molecule has 132 valence electrons. The highest BCUT2D eigenvalue weighted by atomic mass is 35.5. The van der Waals surface area contributed by atoms with E-state index in [1.54, 1.807) is 43.9 Å². The Morgan fingerprint density at radius 2 is 2.16 bits per heavy atom. The number of aromatic nitrogens is 1. The molecule has 1 unspecified atom stereocenters. The standard InChI is InChI=1S/C18H19ClN2O3S/c1-6-18(2,3)21-16(22)17(23-4)24-12-7-11-8-13(25-5)10-20-15(11)14(19)9-12/h1,7-10,17H,2-5H3,(H,21,22). The molecular formula is C18H19ClN2O3S. The van der Waals surface area contributed by atoms with E-state index in [0.29, 0.717) is 16.3 Å². The summed E-state index contributed by atoms with van der Waals surface area (Å²) in [5.41, 5.74) is -0.145. The maximum Gasteiger partial charge on any atom is 0.290 e. The minimum absolute atomic E-state index is 0.401. The van der Waals surface area contributed by atoms with Crippen LogP contribution in [0.5, 0.6) is 5.75 Å². The number of terminal acetylenes is 1. The molecule has 1 aromatic heterocycles. The van der Waals surface area contributed by atoms with E-state index in [1.807, 2.05) is 12.3 Å². The quantitative estimate of drug-likeness (QED) is 0.473. The van der Waals surface area contributed by atoms with Crippen LogP contribution in [0.25, 0.3) is 10.9 Å². The molecule has 0 aliphatic rings. The third kappa shape index (κ3) is 4.79. The van der Waals surface area contributed by atoms with Crippen molar-refractivity contribution in [2.45, 2.75) is 30.6 Å². The second-order valence-electron chi connectivity index (χ2n) is 5.80. The minimum Gasteiger partial charge on any atom is -0.455 e. The Bertz CT molecular complexity index is 833. The average molecular weight is 379 g/mol. The zero-order valence-corrected chi connectivity index (χ0v) is 16.0. The Hall–Kier alpha value is -1.94. The molecule has 25 heavy (non-hydrogen) atoms. The van der Waals surface area contributed by atoms with Gasteiger partial charge >= 0.3 is 0 Å². The monoisotopic (exact) mass is 378 g/mol. The second-order valence-corrected chi connectivity index (χ2v) is 7.08. The number of hydrogen-bond donors (Lipinski definition) is 1. The van der Waals surface area contributed by atoms with Gasteiger partial charge in [-0.05, 0) is 32.2 Å². The number of benzene rings is 1. The lowest BCUT2D eigenvalue weighted by Gasteiger charge is -2.24. The third-order valence-corrected chi connectivity index (χ3v) is 4.37. The van der Waals surface area contributed by atoms with Gasteiger partial charge < -0.3 is 14.8 Å². The SMILES string of the molecule is C#CC(C)(C)NC(=O)C(OC)Oc1cc(Cl)c2ncc(SC)cc2c1. The minimum atomic E-state index is -1.15. The lowest BCUT2D eigenvalue weighted by molar-refractivity contribution is -0.149. The molecule has 1 heterocycles. The van der Waals surface area contributed by atoms with Crippen molar-refractivity contribution in [2.75, 3.05) is 13.4 Å². The summed E-state index contributed by atoms with van der Waals surface area (Å²) in [6.07, 6.45) is 7.95. The van der Waals surface area contributed by atoms with E-state index in [1.165, 1.54) is 7.11 Å². The summed E-state index contributed by atoms with van der Waals surface area (Å²) < 4.78 is 10.8. The van der Waals surface area contributed by atoms with Gasteiger partial charge in [-0.1, -0.05) is 17.5 Å². The van der Waals surface area contributed by atoms with Gasteiger partial charge in [-0.3, -0.25) is 9.78 Å². The zero-order valence-electron chi connectivity index (χ0n) is 14.4. The average Bonchev–Trinajstić information content (AvgIpc) is 2.58. The number of carbonyl (C=O) groups is 1. The summed E-state index contributed by atoms with van der Waals surface area (Å²) in [5, 5.41) is 3.92. The van der Waals surface area contributed by atoms with Gasteiger partial charge in [-0.25, -0.2) is 0 Å². The smallest absolute Gasteiger partial charge is 0.290 e. The number of ether oxygens (including phenoxy) is 2. The normalized spacial score (nSPS) is 12.5. The van der Waals surface area contributed by atoms with Gasteiger partial charge in [0.05, 0.1) is 16.1 Å². The van der Waals surface area contributed by atoms with Crippen molar-refractivity contribution in [1.29, 1.82) is 0 Å². The molecule has 2 rings (SSSR count). The molecule has 0 fully saturated rings. The van der Waals surface area contributed by atoms with Gasteiger partial charge in [0.1, 0.15) is 5.75 Å². The highest BCUT2D eigenvalue weighted by Crippen LogP contribution is 2.30. The van der Waals surface area contributed by atoms with Crippen molar-refractivity contribution >= 4 is 40.2 Å². The number of halogens is 1. The van der Waals surface area contributed by atoms with Crippen LogP contribution in [0, 0.1) is 12.3 Å². The van der Waals surface area contributed by atoms with Gasteiger partial charge in [0.15, 0.2) is 0 Å². The Labute approximate surface area is 156 Å². The molecule has 1 aromatic carbocycles. The van der Waals surface area contributed by atoms with Gasteiger partial charge in [-0.15, -0.1) is 18.2 Å². The molecule has 0 bridgehead atoms. The fourth-order valence-corrected chi connectivity index (χ4v) is 2.74. The van der Waals surface area contributed by atoms with E-state index < -0.39 is 17.7 Å². The van der Waals surface area contributed by atoms with Crippen LogP contribution >= 0.6 is 23.4 Å². The first kappa shape index (κ1) is 19.4. The van der Waals surface area contributed by atoms with Crippen molar-refractivity contribution in [3.05, 3.63) is 29.4 Å². The summed E-state index contributed by atoms with van der Waals surface area (Å²) in [5.74, 6) is 2.41. The molecule has 0 aliphatic heterocycles. The van der Waals surface area contributed by atoms with E-state index in [-0.39, 0.29) is 0 Å². The molecule has 0 aliphatic carbocycles. The van der Waals surface area contributed by atoms with E-state index in [0.717, 1.165) is 10.3 Å². The molecule has 5 nitrogen and oxygen atoms in total. The van der Waals surface area contributed by atoms with Crippen molar-refractivity contribution in [2.24, 2.45) is 0 Å². The lowest BCUT2D eigenvalue weighted by atomic mass is 10.1. The third-order valence-electron chi connectivity index (χ3n) is 3.39. The predicted octanol–water partition coefficient (Wildman–Crippen LogP) is 3.49. The van der Waals surface area contributed by atoms with Crippen LogP contribution in [0.3, 0.4) is 0 Å². The topological polar surface area (TPSA) is 60.5 Å². The molecule has 0 saturated carbocycles. The Balaban J connectivity index is 2.28. The Morgan fingerprint density at radius 1 is 1.44 bits per heavy atom. The van der Waals surface area contributed by atoms with Crippen LogP contribution in [0.4, 0.5) is 0 Å². The second kappa shape index (κ2) is 7.96. The van der Waals surface area contributed by atoms with Gasteiger partial charge in [-0.2, -0.15) is 0 Å². The van der Waals surface area contributed by atoms with E-state index >= 15 is 0 Å². The first-order valence-corrected chi connectivity index (χ1v) is 9.02. The van der Waals surface area contributed by atoms with Crippen LogP contribution in [0.15, 0.2) is 29.3 Å². The van der Waals surface area contributed by atoms with Crippen molar-refractivity contribution in [1.82, 2.24) is 10.3 Å². The van der Waals surface area contributed by atoms with Gasteiger partial charge in [0, 0.05) is 29.7 Å². The maximum atomic E-state index is 12.3. The first-order valence-electron chi connectivity index (χ1n) is 7.42. The maximum absolute atomic E-state index is 12.3. The fraction of sp³-hybridized carbons (Fsp3) is 0.333. The van der Waals surface area contributed by atoms with Crippen LogP contribution in [0.2, 0.25) is 5.02 Å². The number of rotatable bonds is 6.